The SMILES string of the molecule is O=C(Oc1nc(Cl)cc2c1ccn2CC(F)(F)F)N1CC=CCC1. The second-order valence-electron chi connectivity index (χ2n) is 5.32. The van der Waals surface area contributed by atoms with E-state index in [-0.39, 0.29) is 16.5 Å². The highest BCUT2D eigenvalue weighted by molar-refractivity contribution is 6.30. The minimum absolute atomic E-state index is 0.0500. The van der Waals surface area contributed by atoms with Crippen LogP contribution in [0.3, 0.4) is 0 Å². The molecule has 0 unspecified atom stereocenters. The Labute approximate surface area is 140 Å². The molecule has 128 valence electrons. The summed E-state index contributed by atoms with van der Waals surface area (Å²) in [6.07, 6.45) is 0.784. The third-order valence-corrected chi connectivity index (χ3v) is 3.74. The van der Waals surface area contributed by atoms with Crippen molar-refractivity contribution in [3.63, 3.8) is 0 Å². The van der Waals surface area contributed by atoms with Gasteiger partial charge in [-0.2, -0.15) is 13.2 Å². The lowest BCUT2D eigenvalue weighted by atomic mass is 10.3. The first kappa shape index (κ1) is 16.6. The molecular weight excluding hydrogens is 347 g/mol. The average Bonchev–Trinajstić information content (AvgIpc) is 2.89. The van der Waals surface area contributed by atoms with Gasteiger partial charge in [-0.1, -0.05) is 23.8 Å². The van der Waals surface area contributed by atoms with E-state index in [1.165, 1.54) is 23.2 Å². The van der Waals surface area contributed by atoms with Crippen molar-refractivity contribution in [2.24, 2.45) is 0 Å². The third kappa shape index (κ3) is 3.64. The molecule has 9 heteroatoms. The zero-order valence-corrected chi connectivity index (χ0v) is 13.1. The maximum atomic E-state index is 12.6. The predicted molar refractivity (Wildman–Crippen MR) is 82.2 cm³/mol. The molecule has 0 fully saturated rings. The molecule has 1 aliphatic rings. The van der Waals surface area contributed by atoms with Gasteiger partial charge in [-0.25, -0.2) is 9.78 Å². The summed E-state index contributed by atoms with van der Waals surface area (Å²) < 4.78 is 44.1. The summed E-state index contributed by atoms with van der Waals surface area (Å²) in [6.45, 7) is -0.243. The summed E-state index contributed by atoms with van der Waals surface area (Å²) in [4.78, 5) is 17.6. The number of fused-ring (bicyclic) bond motifs is 1. The number of hydrogen-bond donors (Lipinski definition) is 0. The number of ether oxygens (including phenoxy) is 1. The lowest BCUT2D eigenvalue weighted by molar-refractivity contribution is -0.139. The van der Waals surface area contributed by atoms with E-state index in [2.05, 4.69) is 4.98 Å². The number of nitrogens with zero attached hydrogens (tertiary/aromatic N) is 3. The van der Waals surface area contributed by atoms with Gasteiger partial charge in [0.25, 0.3) is 0 Å². The molecule has 3 rings (SSSR count). The van der Waals surface area contributed by atoms with Crippen molar-refractivity contribution < 1.29 is 22.7 Å². The summed E-state index contributed by atoms with van der Waals surface area (Å²) in [5.74, 6) is -0.0991. The normalized spacial score (nSPS) is 15.1. The molecule has 0 saturated carbocycles. The van der Waals surface area contributed by atoms with Crippen molar-refractivity contribution in [2.75, 3.05) is 13.1 Å². The molecule has 2 aromatic heterocycles. The maximum absolute atomic E-state index is 12.6. The van der Waals surface area contributed by atoms with Crippen molar-refractivity contribution in [3.05, 3.63) is 35.6 Å². The lowest BCUT2D eigenvalue weighted by Gasteiger charge is -2.22. The number of hydrogen-bond acceptors (Lipinski definition) is 3. The van der Waals surface area contributed by atoms with Crippen LogP contribution in [0.25, 0.3) is 10.9 Å². The molecule has 2 aromatic rings. The van der Waals surface area contributed by atoms with E-state index in [0.29, 0.717) is 18.5 Å². The molecule has 0 spiro atoms. The molecule has 0 saturated heterocycles. The number of aromatic nitrogens is 2. The number of halogens is 4. The van der Waals surface area contributed by atoms with E-state index >= 15 is 0 Å². The summed E-state index contributed by atoms with van der Waals surface area (Å²) in [7, 11) is 0. The van der Waals surface area contributed by atoms with E-state index < -0.39 is 18.8 Å². The quantitative estimate of drug-likeness (QED) is 0.601. The Morgan fingerprint density at radius 1 is 1.38 bits per heavy atom. The first-order valence-electron chi connectivity index (χ1n) is 7.17. The van der Waals surface area contributed by atoms with Gasteiger partial charge < -0.3 is 14.2 Å². The summed E-state index contributed by atoms with van der Waals surface area (Å²) in [5, 5.41) is 0.246. The van der Waals surface area contributed by atoms with E-state index in [1.54, 1.807) is 0 Å². The van der Waals surface area contributed by atoms with Crippen LogP contribution in [-0.2, 0) is 6.54 Å². The van der Waals surface area contributed by atoms with Crippen LogP contribution >= 0.6 is 11.6 Å². The van der Waals surface area contributed by atoms with Crippen molar-refractivity contribution >= 4 is 28.6 Å². The Morgan fingerprint density at radius 2 is 2.17 bits per heavy atom. The number of alkyl halides is 3. The fraction of sp³-hybridized carbons (Fsp3) is 0.333. The predicted octanol–water partition coefficient (Wildman–Crippen LogP) is 4.01. The van der Waals surface area contributed by atoms with E-state index in [0.717, 1.165) is 11.0 Å². The standard InChI is InChI=1S/C15H13ClF3N3O2/c16-12-8-11-10(4-7-22(11)9-15(17,18)19)13(20-12)24-14(23)21-5-2-1-3-6-21/h1-2,4,7-8H,3,5-6,9H2. The van der Waals surface area contributed by atoms with Gasteiger partial charge in [0, 0.05) is 25.4 Å². The summed E-state index contributed by atoms with van der Waals surface area (Å²) in [5.41, 5.74) is 0.202. The molecule has 0 aromatic carbocycles. The largest absolute Gasteiger partial charge is 0.416 e. The minimum atomic E-state index is -4.38. The summed E-state index contributed by atoms with van der Waals surface area (Å²) >= 11 is 5.87. The smallest absolute Gasteiger partial charge is 0.390 e. The van der Waals surface area contributed by atoms with Gasteiger partial charge in [0.05, 0.1) is 10.9 Å². The van der Waals surface area contributed by atoms with E-state index in [1.807, 2.05) is 12.2 Å². The third-order valence-electron chi connectivity index (χ3n) is 3.55. The van der Waals surface area contributed by atoms with Crippen molar-refractivity contribution in [1.82, 2.24) is 14.5 Å². The van der Waals surface area contributed by atoms with Gasteiger partial charge in [-0.15, -0.1) is 0 Å². The Kier molecular flexibility index (Phi) is 4.40. The minimum Gasteiger partial charge on any atom is -0.390 e. The Balaban J connectivity index is 1.90. The highest BCUT2D eigenvalue weighted by atomic mass is 35.5. The second-order valence-corrected chi connectivity index (χ2v) is 5.70. The Morgan fingerprint density at radius 3 is 2.83 bits per heavy atom. The maximum Gasteiger partial charge on any atom is 0.416 e. The fourth-order valence-corrected chi connectivity index (χ4v) is 2.67. The first-order valence-corrected chi connectivity index (χ1v) is 7.55. The molecular formula is C15H13ClF3N3O2. The van der Waals surface area contributed by atoms with Crippen LogP contribution in [0, 0.1) is 0 Å². The van der Waals surface area contributed by atoms with Gasteiger partial charge >= 0.3 is 12.3 Å². The van der Waals surface area contributed by atoms with Crippen LogP contribution in [-0.4, -0.2) is 39.8 Å². The van der Waals surface area contributed by atoms with Crippen molar-refractivity contribution in [1.29, 1.82) is 0 Å². The Bertz CT molecular complexity index is 801. The monoisotopic (exact) mass is 359 g/mol. The molecule has 0 atom stereocenters. The molecule has 0 bridgehead atoms. The first-order chi connectivity index (χ1) is 11.3. The highest BCUT2D eigenvalue weighted by Crippen LogP contribution is 2.30. The zero-order valence-electron chi connectivity index (χ0n) is 12.4. The molecule has 0 N–H and O–H groups in total. The van der Waals surface area contributed by atoms with Crippen LogP contribution in [0.5, 0.6) is 5.88 Å². The topological polar surface area (TPSA) is 47.4 Å². The average molecular weight is 360 g/mol. The zero-order chi connectivity index (χ0) is 17.3. The van der Waals surface area contributed by atoms with Gasteiger partial charge in [0.1, 0.15) is 11.7 Å². The lowest BCUT2D eigenvalue weighted by Crippen LogP contribution is -2.36. The number of pyridine rings is 1. The van der Waals surface area contributed by atoms with Crippen LogP contribution in [0.15, 0.2) is 30.5 Å². The molecule has 24 heavy (non-hydrogen) atoms. The van der Waals surface area contributed by atoms with Crippen LogP contribution < -0.4 is 4.74 Å². The number of rotatable bonds is 2. The summed E-state index contributed by atoms with van der Waals surface area (Å²) in [6, 6.07) is 2.73. The molecule has 1 amide bonds. The van der Waals surface area contributed by atoms with Crippen LogP contribution in [0.2, 0.25) is 5.15 Å². The second kappa shape index (κ2) is 6.35. The Hall–Kier alpha value is -2.22. The number of amides is 1. The molecule has 0 radical (unpaired) electrons. The fourth-order valence-electron chi connectivity index (χ4n) is 2.49. The van der Waals surface area contributed by atoms with E-state index in [4.69, 9.17) is 16.3 Å². The van der Waals surface area contributed by atoms with Gasteiger partial charge in [0.2, 0.25) is 5.88 Å². The highest BCUT2D eigenvalue weighted by Gasteiger charge is 2.29. The van der Waals surface area contributed by atoms with Gasteiger partial charge in [-0.05, 0) is 12.5 Å². The van der Waals surface area contributed by atoms with Crippen molar-refractivity contribution in [3.8, 4) is 5.88 Å². The van der Waals surface area contributed by atoms with Crippen LogP contribution in [0.1, 0.15) is 6.42 Å². The molecule has 5 nitrogen and oxygen atoms in total. The van der Waals surface area contributed by atoms with Crippen molar-refractivity contribution in [2.45, 2.75) is 19.1 Å². The molecule has 3 heterocycles. The van der Waals surface area contributed by atoms with Crippen LogP contribution in [0.4, 0.5) is 18.0 Å². The molecule has 1 aliphatic heterocycles. The number of carbonyl (C=O) groups excluding carboxylic acids is 1. The molecule has 0 aliphatic carbocycles. The van der Waals surface area contributed by atoms with Gasteiger partial charge in [0.15, 0.2) is 0 Å². The van der Waals surface area contributed by atoms with E-state index in [9.17, 15) is 18.0 Å². The number of carbonyl (C=O) groups is 1. The van der Waals surface area contributed by atoms with Gasteiger partial charge in [-0.3, -0.25) is 0 Å².